The van der Waals surface area contributed by atoms with Crippen LogP contribution in [-0.4, -0.2) is 33.0 Å². The standard InChI is InChI=1S/C21H21ClN4O2S/c1-3-13-26-20(15-9-11-16(12-10-15)28-4-2)24-25-21(26)29-14-19(27)23-18-8-6-5-7-17(18)22/h3,5-12H,1,4,13-14H2,2H3,(H,23,27). The summed E-state index contributed by atoms with van der Waals surface area (Å²) in [7, 11) is 0. The Bertz CT molecular complexity index is 989. The summed E-state index contributed by atoms with van der Waals surface area (Å²) >= 11 is 7.39. The van der Waals surface area contributed by atoms with Crippen LogP contribution in [0.25, 0.3) is 11.4 Å². The van der Waals surface area contributed by atoms with E-state index in [4.69, 9.17) is 16.3 Å². The highest BCUT2D eigenvalue weighted by molar-refractivity contribution is 7.99. The number of para-hydroxylation sites is 1. The summed E-state index contributed by atoms with van der Waals surface area (Å²) in [4.78, 5) is 12.3. The minimum absolute atomic E-state index is 0.168. The van der Waals surface area contributed by atoms with Crippen LogP contribution in [0.15, 0.2) is 66.3 Å². The highest BCUT2D eigenvalue weighted by Gasteiger charge is 2.15. The molecule has 1 aromatic heterocycles. The largest absolute Gasteiger partial charge is 0.494 e. The quantitative estimate of drug-likeness (QED) is 0.387. The van der Waals surface area contributed by atoms with Crippen molar-refractivity contribution >= 4 is 35.0 Å². The van der Waals surface area contributed by atoms with Crippen LogP contribution in [0, 0.1) is 0 Å². The van der Waals surface area contributed by atoms with E-state index in [1.807, 2.05) is 47.9 Å². The van der Waals surface area contributed by atoms with E-state index in [1.54, 1.807) is 18.2 Å². The zero-order valence-corrected chi connectivity index (χ0v) is 17.5. The molecule has 0 aliphatic heterocycles. The smallest absolute Gasteiger partial charge is 0.234 e. The molecule has 0 aliphatic rings. The number of allylic oxidation sites excluding steroid dienone is 1. The van der Waals surface area contributed by atoms with Crippen LogP contribution in [0.2, 0.25) is 5.02 Å². The van der Waals surface area contributed by atoms with Crippen molar-refractivity contribution in [2.75, 3.05) is 17.7 Å². The Hall–Kier alpha value is -2.77. The average molecular weight is 429 g/mol. The second-order valence-electron chi connectivity index (χ2n) is 5.98. The number of halogens is 1. The van der Waals surface area contributed by atoms with Gasteiger partial charge in [0.2, 0.25) is 5.91 Å². The fourth-order valence-electron chi connectivity index (χ4n) is 2.65. The summed E-state index contributed by atoms with van der Waals surface area (Å²) in [5.41, 5.74) is 1.50. The van der Waals surface area contributed by atoms with Crippen LogP contribution in [-0.2, 0) is 11.3 Å². The maximum absolute atomic E-state index is 12.3. The molecule has 2 aromatic carbocycles. The first kappa shape index (κ1) is 21.0. The summed E-state index contributed by atoms with van der Waals surface area (Å²) in [6.45, 7) is 6.90. The summed E-state index contributed by atoms with van der Waals surface area (Å²) < 4.78 is 7.41. The van der Waals surface area contributed by atoms with E-state index in [-0.39, 0.29) is 11.7 Å². The minimum atomic E-state index is -0.168. The molecule has 0 saturated carbocycles. The number of carbonyl (C=O) groups excluding carboxylic acids is 1. The van der Waals surface area contributed by atoms with E-state index in [2.05, 4.69) is 22.1 Å². The fourth-order valence-corrected chi connectivity index (χ4v) is 3.58. The first-order valence-corrected chi connectivity index (χ1v) is 10.4. The number of hydrogen-bond acceptors (Lipinski definition) is 5. The molecule has 0 bridgehead atoms. The second-order valence-corrected chi connectivity index (χ2v) is 7.33. The summed E-state index contributed by atoms with van der Waals surface area (Å²) in [6, 6.07) is 14.8. The molecule has 0 radical (unpaired) electrons. The number of rotatable bonds is 9. The van der Waals surface area contributed by atoms with Crippen molar-refractivity contribution in [2.24, 2.45) is 0 Å². The molecule has 0 fully saturated rings. The van der Waals surface area contributed by atoms with E-state index >= 15 is 0 Å². The van der Waals surface area contributed by atoms with Crippen molar-refractivity contribution in [3.05, 3.63) is 66.2 Å². The van der Waals surface area contributed by atoms with E-state index in [9.17, 15) is 4.79 Å². The van der Waals surface area contributed by atoms with Crippen molar-refractivity contribution in [1.29, 1.82) is 0 Å². The molecule has 6 nitrogen and oxygen atoms in total. The lowest BCUT2D eigenvalue weighted by atomic mass is 10.2. The monoisotopic (exact) mass is 428 g/mol. The number of nitrogens with zero attached hydrogens (tertiary/aromatic N) is 3. The zero-order chi connectivity index (χ0) is 20.6. The fraction of sp³-hybridized carbons (Fsp3) is 0.190. The van der Waals surface area contributed by atoms with Gasteiger partial charge < -0.3 is 10.1 Å². The first-order valence-electron chi connectivity index (χ1n) is 9.07. The molecule has 0 aliphatic carbocycles. The number of aromatic nitrogens is 3. The van der Waals surface area contributed by atoms with Crippen LogP contribution in [0.4, 0.5) is 5.69 Å². The normalized spacial score (nSPS) is 10.6. The molecular formula is C21H21ClN4O2S. The average Bonchev–Trinajstić information content (AvgIpc) is 3.12. The molecule has 0 spiro atoms. The lowest BCUT2D eigenvalue weighted by molar-refractivity contribution is -0.113. The van der Waals surface area contributed by atoms with Crippen LogP contribution in [0.1, 0.15) is 6.92 Å². The first-order chi connectivity index (χ1) is 14.1. The van der Waals surface area contributed by atoms with Crippen LogP contribution >= 0.6 is 23.4 Å². The third kappa shape index (κ3) is 5.40. The summed E-state index contributed by atoms with van der Waals surface area (Å²) in [5.74, 6) is 1.53. The number of benzene rings is 2. The van der Waals surface area contributed by atoms with Crippen LogP contribution in [0.3, 0.4) is 0 Å². The zero-order valence-electron chi connectivity index (χ0n) is 16.0. The van der Waals surface area contributed by atoms with Gasteiger partial charge in [0.1, 0.15) is 5.75 Å². The Morgan fingerprint density at radius 2 is 2.00 bits per heavy atom. The van der Waals surface area contributed by atoms with Gasteiger partial charge in [-0.2, -0.15) is 0 Å². The predicted molar refractivity (Wildman–Crippen MR) is 118 cm³/mol. The number of thioether (sulfide) groups is 1. The highest BCUT2D eigenvalue weighted by Crippen LogP contribution is 2.26. The van der Waals surface area contributed by atoms with Gasteiger partial charge in [-0.25, -0.2) is 0 Å². The van der Waals surface area contributed by atoms with Gasteiger partial charge in [0.25, 0.3) is 0 Å². The van der Waals surface area contributed by atoms with Crippen molar-refractivity contribution in [3.63, 3.8) is 0 Å². The van der Waals surface area contributed by atoms with Gasteiger partial charge >= 0.3 is 0 Å². The van der Waals surface area contributed by atoms with Crippen LogP contribution in [0.5, 0.6) is 5.75 Å². The molecule has 0 atom stereocenters. The van der Waals surface area contributed by atoms with Crippen molar-refractivity contribution in [3.8, 4) is 17.1 Å². The van der Waals surface area contributed by atoms with E-state index in [1.165, 1.54) is 11.8 Å². The topological polar surface area (TPSA) is 69.0 Å². The number of amides is 1. The van der Waals surface area contributed by atoms with Gasteiger partial charge in [0.15, 0.2) is 11.0 Å². The van der Waals surface area contributed by atoms with Crippen LogP contribution < -0.4 is 10.1 Å². The SMILES string of the molecule is C=CCn1c(SCC(=O)Nc2ccccc2Cl)nnc1-c1ccc(OCC)cc1. The maximum Gasteiger partial charge on any atom is 0.234 e. The lowest BCUT2D eigenvalue weighted by Crippen LogP contribution is -2.15. The third-order valence-electron chi connectivity index (χ3n) is 3.93. The highest BCUT2D eigenvalue weighted by atomic mass is 35.5. The van der Waals surface area contributed by atoms with Gasteiger partial charge in [0.05, 0.1) is 23.1 Å². The Balaban J connectivity index is 1.72. The van der Waals surface area contributed by atoms with Gasteiger partial charge in [-0.15, -0.1) is 16.8 Å². The molecule has 1 N–H and O–H groups in total. The summed E-state index contributed by atoms with van der Waals surface area (Å²) in [5, 5.41) is 12.5. The van der Waals surface area contributed by atoms with Gasteiger partial charge in [-0.3, -0.25) is 9.36 Å². The van der Waals surface area contributed by atoms with Crippen molar-refractivity contribution in [1.82, 2.24) is 14.8 Å². The molecule has 3 aromatic rings. The van der Waals surface area contributed by atoms with E-state index in [0.29, 0.717) is 34.8 Å². The van der Waals surface area contributed by atoms with E-state index in [0.717, 1.165) is 11.3 Å². The number of hydrogen-bond donors (Lipinski definition) is 1. The molecule has 3 rings (SSSR count). The Morgan fingerprint density at radius 3 is 2.69 bits per heavy atom. The number of anilines is 1. The van der Waals surface area contributed by atoms with Crippen molar-refractivity contribution < 1.29 is 9.53 Å². The molecule has 150 valence electrons. The second kappa shape index (κ2) is 10.1. The number of carbonyl (C=O) groups is 1. The molecule has 1 amide bonds. The molecule has 0 unspecified atom stereocenters. The van der Waals surface area contributed by atoms with Gasteiger partial charge in [-0.05, 0) is 43.3 Å². The predicted octanol–water partition coefficient (Wildman–Crippen LogP) is 4.91. The molecule has 0 saturated heterocycles. The molecular weight excluding hydrogens is 408 g/mol. The number of nitrogens with one attached hydrogen (secondary N) is 1. The molecule has 1 heterocycles. The Morgan fingerprint density at radius 1 is 1.24 bits per heavy atom. The van der Waals surface area contributed by atoms with Gasteiger partial charge in [0, 0.05) is 12.1 Å². The minimum Gasteiger partial charge on any atom is -0.494 e. The maximum atomic E-state index is 12.3. The molecule has 29 heavy (non-hydrogen) atoms. The Kier molecular flexibility index (Phi) is 7.32. The third-order valence-corrected chi connectivity index (χ3v) is 5.23. The van der Waals surface area contributed by atoms with Crippen molar-refractivity contribution in [2.45, 2.75) is 18.6 Å². The summed E-state index contributed by atoms with van der Waals surface area (Å²) in [6.07, 6.45) is 1.77. The van der Waals surface area contributed by atoms with E-state index < -0.39 is 0 Å². The lowest BCUT2D eigenvalue weighted by Gasteiger charge is -2.09. The Labute approximate surface area is 178 Å². The van der Waals surface area contributed by atoms with Gasteiger partial charge in [-0.1, -0.05) is 41.6 Å². The molecule has 8 heteroatoms. The number of ether oxygens (including phenoxy) is 1.